The van der Waals surface area contributed by atoms with Crippen LogP contribution in [0.4, 0.5) is 0 Å². The van der Waals surface area contributed by atoms with Crippen LogP contribution in [0, 0.1) is 5.92 Å². The molecule has 2 heteroatoms. The van der Waals surface area contributed by atoms with E-state index in [9.17, 15) is 4.79 Å². The van der Waals surface area contributed by atoms with Crippen LogP contribution in [-0.2, 0) is 9.53 Å². The lowest BCUT2D eigenvalue weighted by Crippen LogP contribution is -1.98. The summed E-state index contributed by atoms with van der Waals surface area (Å²) in [5.74, 6) is 0.773. The fourth-order valence-electron chi connectivity index (χ4n) is 0.567. The molecule has 0 bridgehead atoms. The van der Waals surface area contributed by atoms with Gasteiger partial charge in [-0.3, -0.25) is 0 Å². The Hall–Kier alpha value is -0.370. The molecule has 0 spiro atoms. The van der Waals surface area contributed by atoms with Crippen LogP contribution in [0.2, 0.25) is 0 Å². The molecule has 0 unspecified atom stereocenters. The smallest absolute Gasteiger partial charge is 0.145 e. The topological polar surface area (TPSA) is 26.3 Å². The number of ether oxygens (including phenoxy) is 1. The molecule has 0 aliphatic heterocycles. The Kier molecular flexibility index (Phi) is 2.03. The molecule has 46 valence electrons. The van der Waals surface area contributed by atoms with Gasteiger partial charge in [0.15, 0.2) is 0 Å². The van der Waals surface area contributed by atoms with Crippen LogP contribution in [0.15, 0.2) is 0 Å². The Balaban J connectivity index is 1.80. The van der Waals surface area contributed by atoms with E-state index in [0.29, 0.717) is 0 Å². The van der Waals surface area contributed by atoms with Crippen molar-refractivity contribution in [3.63, 3.8) is 0 Å². The van der Waals surface area contributed by atoms with E-state index in [0.717, 1.165) is 18.8 Å². The van der Waals surface area contributed by atoms with Gasteiger partial charge in [0.05, 0.1) is 0 Å². The molecule has 1 aliphatic rings. The quantitative estimate of drug-likeness (QED) is 0.395. The summed E-state index contributed by atoms with van der Waals surface area (Å²) in [6, 6.07) is 0. The van der Waals surface area contributed by atoms with Crippen molar-refractivity contribution in [1.29, 1.82) is 0 Å². The van der Waals surface area contributed by atoms with Crippen molar-refractivity contribution >= 4 is 6.29 Å². The van der Waals surface area contributed by atoms with Crippen LogP contribution in [0.1, 0.15) is 12.8 Å². The maximum atomic E-state index is 9.68. The summed E-state index contributed by atoms with van der Waals surface area (Å²) in [5.41, 5.74) is 0. The van der Waals surface area contributed by atoms with Gasteiger partial charge in [-0.2, -0.15) is 0 Å². The Bertz CT molecular complexity index is 76.6. The van der Waals surface area contributed by atoms with E-state index in [1.807, 2.05) is 0 Å². The summed E-state index contributed by atoms with van der Waals surface area (Å²) < 4.78 is 4.94. The minimum absolute atomic E-state index is 0.274. The van der Waals surface area contributed by atoms with E-state index < -0.39 is 0 Å². The molecule has 0 aromatic heterocycles. The molecule has 0 saturated heterocycles. The lowest BCUT2D eigenvalue weighted by molar-refractivity contribution is -0.111. The highest BCUT2D eigenvalue weighted by atomic mass is 16.5. The lowest BCUT2D eigenvalue weighted by atomic mass is 10.5. The molecule has 0 N–H and O–H groups in total. The van der Waals surface area contributed by atoms with Gasteiger partial charge in [-0.05, 0) is 18.8 Å². The van der Waals surface area contributed by atoms with Crippen molar-refractivity contribution in [1.82, 2.24) is 0 Å². The molecule has 1 rings (SSSR count). The first kappa shape index (κ1) is 5.76. The van der Waals surface area contributed by atoms with Crippen molar-refractivity contribution in [3.05, 3.63) is 0 Å². The average Bonchev–Trinajstić information content (AvgIpc) is 2.51. The molecule has 1 aliphatic carbocycles. The lowest BCUT2D eigenvalue weighted by Gasteiger charge is -1.93. The molecule has 2 nitrogen and oxygen atoms in total. The van der Waals surface area contributed by atoms with E-state index in [-0.39, 0.29) is 6.61 Å². The highest BCUT2D eigenvalue weighted by Crippen LogP contribution is 2.28. The average molecular weight is 114 g/mol. The third-order valence-electron chi connectivity index (χ3n) is 1.24. The first-order valence-electron chi connectivity index (χ1n) is 2.95. The summed E-state index contributed by atoms with van der Waals surface area (Å²) in [6.07, 6.45) is 3.38. The third-order valence-corrected chi connectivity index (χ3v) is 1.24. The van der Waals surface area contributed by atoms with Crippen LogP contribution >= 0.6 is 0 Å². The molecule has 8 heavy (non-hydrogen) atoms. The van der Waals surface area contributed by atoms with E-state index >= 15 is 0 Å². The van der Waals surface area contributed by atoms with Crippen LogP contribution in [0.5, 0.6) is 0 Å². The van der Waals surface area contributed by atoms with Crippen molar-refractivity contribution in [2.75, 3.05) is 13.2 Å². The Morgan fingerprint density at radius 1 is 1.62 bits per heavy atom. The van der Waals surface area contributed by atoms with Crippen molar-refractivity contribution in [3.8, 4) is 0 Å². The Labute approximate surface area is 48.8 Å². The molecular weight excluding hydrogens is 104 g/mol. The molecule has 0 aromatic rings. The monoisotopic (exact) mass is 114 g/mol. The Morgan fingerprint density at radius 2 is 2.38 bits per heavy atom. The fourth-order valence-corrected chi connectivity index (χ4v) is 0.567. The maximum Gasteiger partial charge on any atom is 0.145 e. The number of aldehydes is 1. The van der Waals surface area contributed by atoms with Gasteiger partial charge in [-0.15, -0.1) is 0 Å². The molecular formula is C6H10O2. The highest BCUT2D eigenvalue weighted by Gasteiger charge is 2.20. The second-order valence-corrected chi connectivity index (χ2v) is 2.15. The van der Waals surface area contributed by atoms with Crippen molar-refractivity contribution in [2.24, 2.45) is 5.92 Å². The first-order chi connectivity index (χ1) is 3.93. The summed E-state index contributed by atoms with van der Waals surface area (Å²) in [5, 5.41) is 0. The molecule has 0 aromatic carbocycles. The number of carbonyl (C=O) groups is 1. The van der Waals surface area contributed by atoms with Gasteiger partial charge in [0.1, 0.15) is 12.9 Å². The minimum atomic E-state index is 0.274. The van der Waals surface area contributed by atoms with Gasteiger partial charge in [-0.1, -0.05) is 0 Å². The zero-order chi connectivity index (χ0) is 5.82. The SMILES string of the molecule is O=CCOCC1CC1. The van der Waals surface area contributed by atoms with Crippen LogP contribution in [0.3, 0.4) is 0 Å². The van der Waals surface area contributed by atoms with Crippen molar-refractivity contribution < 1.29 is 9.53 Å². The zero-order valence-electron chi connectivity index (χ0n) is 4.80. The number of hydrogen-bond donors (Lipinski definition) is 0. The Morgan fingerprint density at radius 3 is 2.88 bits per heavy atom. The van der Waals surface area contributed by atoms with E-state index in [4.69, 9.17) is 4.74 Å². The number of rotatable bonds is 4. The maximum absolute atomic E-state index is 9.68. The van der Waals surface area contributed by atoms with E-state index in [1.165, 1.54) is 12.8 Å². The second-order valence-electron chi connectivity index (χ2n) is 2.15. The zero-order valence-corrected chi connectivity index (χ0v) is 4.80. The van der Waals surface area contributed by atoms with Gasteiger partial charge in [0.25, 0.3) is 0 Å². The summed E-state index contributed by atoms with van der Waals surface area (Å²) in [4.78, 5) is 9.68. The molecule has 0 atom stereocenters. The first-order valence-corrected chi connectivity index (χ1v) is 2.95. The molecule has 1 fully saturated rings. The second kappa shape index (κ2) is 2.82. The number of carbonyl (C=O) groups excluding carboxylic acids is 1. The van der Waals surface area contributed by atoms with Crippen LogP contribution in [0.25, 0.3) is 0 Å². The molecule has 0 heterocycles. The standard InChI is InChI=1S/C6H10O2/c7-3-4-8-5-6-1-2-6/h3,6H,1-2,4-5H2. The normalized spacial score (nSPS) is 18.5. The predicted molar refractivity (Wildman–Crippen MR) is 29.6 cm³/mol. The minimum Gasteiger partial charge on any atom is -0.374 e. The molecule has 0 amide bonds. The van der Waals surface area contributed by atoms with Gasteiger partial charge in [-0.25, -0.2) is 0 Å². The van der Waals surface area contributed by atoms with E-state index in [1.54, 1.807) is 0 Å². The fraction of sp³-hybridized carbons (Fsp3) is 0.833. The third kappa shape index (κ3) is 2.07. The summed E-state index contributed by atoms with van der Waals surface area (Å²) in [6.45, 7) is 1.06. The highest BCUT2D eigenvalue weighted by molar-refractivity contribution is 5.50. The van der Waals surface area contributed by atoms with Crippen LogP contribution < -0.4 is 0 Å². The summed E-state index contributed by atoms with van der Waals surface area (Å²) >= 11 is 0. The largest absolute Gasteiger partial charge is 0.374 e. The van der Waals surface area contributed by atoms with Gasteiger partial charge < -0.3 is 9.53 Å². The molecule has 0 radical (unpaired) electrons. The molecule has 1 saturated carbocycles. The summed E-state index contributed by atoms with van der Waals surface area (Å²) in [7, 11) is 0. The van der Waals surface area contributed by atoms with Gasteiger partial charge >= 0.3 is 0 Å². The predicted octanol–water partition coefficient (Wildman–Crippen LogP) is 0.612. The van der Waals surface area contributed by atoms with Gasteiger partial charge in [0, 0.05) is 6.61 Å². The number of hydrogen-bond acceptors (Lipinski definition) is 2. The van der Waals surface area contributed by atoms with Crippen molar-refractivity contribution in [2.45, 2.75) is 12.8 Å². The van der Waals surface area contributed by atoms with Gasteiger partial charge in [0.2, 0.25) is 0 Å². The van der Waals surface area contributed by atoms with Crippen LogP contribution in [-0.4, -0.2) is 19.5 Å². The van der Waals surface area contributed by atoms with E-state index in [2.05, 4.69) is 0 Å².